The van der Waals surface area contributed by atoms with E-state index in [1.165, 1.54) is 0 Å². The number of anilines is 6. The summed E-state index contributed by atoms with van der Waals surface area (Å²) in [6.07, 6.45) is 22.6. The zero-order valence-electron chi connectivity index (χ0n) is 77.0. The molecule has 0 fully saturated rings. The van der Waals surface area contributed by atoms with Gasteiger partial charge in [0, 0.05) is 80.1 Å². The number of hydrogen-bond donors (Lipinski definition) is 0. The molecule has 141 heavy (non-hydrogen) atoms. The molecule has 17 aromatic carbocycles. The third kappa shape index (κ3) is 15.6. The van der Waals surface area contributed by atoms with Gasteiger partial charge in [-0.3, -0.25) is 0 Å². The van der Waals surface area contributed by atoms with Gasteiger partial charge < -0.3 is 42.6 Å². The summed E-state index contributed by atoms with van der Waals surface area (Å²) in [5.74, 6) is 4.42. The number of fused-ring (bicyclic) bond motifs is 15. The lowest BCUT2D eigenvalue weighted by molar-refractivity contribution is 0.473. The van der Waals surface area contributed by atoms with Crippen molar-refractivity contribution in [2.24, 2.45) is 0 Å². The molecule has 0 saturated heterocycles. The molecule has 15 nitrogen and oxygen atoms in total. The van der Waals surface area contributed by atoms with Crippen LogP contribution in [0.1, 0.15) is 110 Å². The molecule has 6 heterocycles. The van der Waals surface area contributed by atoms with Crippen LogP contribution < -0.4 is 28.9 Å². The maximum absolute atomic E-state index is 11.2. The van der Waals surface area contributed by atoms with Crippen LogP contribution in [0.5, 0.6) is 34.5 Å². The fourth-order valence-electron chi connectivity index (χ4n) is 20.1. The molecular formula is C126H84N12O3. The molecule has 0 atom stereocenters. The summed E-state index contributed by atoms with van der Waals surface area (Å²) in [5, 5.41) is 50.9. The number of benzene rings is 17. The van der Waals surface area contributed by atoms with Crippen molar-refractivity contribution in [2.75, 3.05) is 34.3 Å². The Morgan fingerprint density at radius 1 is 0.234 bits per heavy atom. The van der Waals surface area contributed by atoms with Gasteiger partial charge in [0.25, 0.3) is 0 Å². The highest BCUT2D eigenvalue weighted by molar-refractivity contribution is 6.13. The van der Waals surface area contributed by atoms with Crippen LogP contribution in [0, 0.1) is 58.5 Å². The first-order valence-corrected chi connectivity index (χ1v) is 46.8. The highest BCUT2D eigenvalue weighted by Crippen LogP contribution is 2.52. The predicted octanol–water partition coefficient (Wildman–Crippen LogP) is 33.1. The molecular weight excluding hydrogens is 1730 g/mol. The van der Waals surface area contributed by atoms with E-state index in [1.54, 1.807) is 18.2 Å². The third-order valence-electron chi connectivity index (χ3n) is 26.5. The molecule has 0 saturated carbocycles. The van der Waals surface area contributed by atoms with E-state index in [9.17, 15) is 21.0 Å². The number of nitrogens with zero attached hydrogens (tertiary/aromatic N) is 12. The Morgan fingerprint density at radius 3 is 0.730 bits per heavy atom. The Hall–Kier alpha value is -19.7. The van der Waals surface area contributed by atoms with Crippen LogP contribution in [0.25, 0.3) is 165 Å². The average molecular weight is 1810 g/mol. The molecule has 3 aromatic heterocycles. The second kappa shape index (κ2) is 37.3. The quantitative estimate of drug-likeness (QED) is 0.0598. The van der Waals surface area contributed by atoms with Gasteiger partial charge in [-0.05, 0) is 240 Å². The zero-order chi connectivity index (χ0) is 95.7. The van der Waals surface area contributed by atoms with Crippen LogP contribution in [0.4, 0.5) is 45.5 Å². The molecule has 23 rings (SSSR count). The van der Waals surface area contributed by atoms with Gasteiger partial charge in [0.2, 0.25) is 11.4 Å². The molecule has 20 aromatic rings. The van der Waals surface area contributed by atoms with Gasteiger partial charge in [0.05, 0.1) is 127 Å². The summed E-state index contributed by atoms with van der Waals surface area (Å²) in [4.78, 5) is 14.8. The van der Waals surface area contributed by atoms with Crippen LogP contribution in [0.3, 0.4) is 0 Å². The summed E-state index contributed by atoms with van der Waals surface area (Å²) in [6.45, 7) is 25.9. The maximum Gasteiger partial charge on any atom is 0.204 e. The molecule has 3 aliphatic rings. The lowest BCUT2D eigenvalue weighted by Crippen LogP contribution is -2.20. The highest BCUT2D eigenvalue weighted by atomic mass is 16.5. The largest absolute Gasteiger partial charge is 0.453 e. The predicted molar refractivity (Wildman–Crippen MR) is 577 cm³/mol. The molecule has 0 radical (unpaired) electrons. The molecule has 0 amide bonds. The minimum atomic E-state index is 0.189. The van der Waals surface area contributed by atoms with Gasteiger partial charge in [-0.15, -0.1) is 0 Å². The average Bonchev–Trinajstić information content (AvgIpc) is 1.26. The second-order valence-electron chi connectivity index (χ2n) is 34.4. The Morgan fingerprint density at radius 2 is 0.461 bits per heavy atom. The van der Waals surface area contributed by atoms with Gasteiger partial charge in [-0.25, -0.2) is 9.69 Å². The Balaban J connectivity index is 0.000000163. The SMILES string of the molecule is [C-]#[N+]c1c(/C=C/c2ccc3c(c2)Oc2ccccc2N3CC)c(C#N)c(/C=C/c2ccc3c(c2)Oc2ccccc2N3CC)c(C#N)c1/C=C/c1ccc2c(c1)Oc1ccccc1N2CC.[C-]#[N+]c1c(/C=C/c2ccc3c(c2)c2ccccc2n3-c2ccccc2)c(C#N)c(/C=C/c2ccc3c(c2)c2ccccc2n3-c2ccccc2)c(C#N)c1/C=C/c1ccc2c(c1)c1ccccc1n2-c1ccccc1. The van der Waals surface area contributed by atoms with Crippen LogP contribution in [0.15, 0.2) is 346 Å². The Bertz CT molecular complexity index is 8150. The number of para-hydroxylation sites is 12. The van der Waals surface area contributed by atoms with Gasteiger partial charge in [-0.1, -0.05) is 255 Å². The number of ether oxygens (including phenoxy) is 3. The van der Waals surface area contributed by atoms with Gasteiger partial charge in [0.1, 0.15) is 0 Å². The fraction of sp³-hybridized carbons (Fsp3) is 0.0476. The molecule has 0 spiro atoms. The molecule has 0 N–H and O–H groups in total. The smallest absolute Gasteiger partial charge is 0.204 e. The normalized spacial score (nSPS) is 12.4. The van der Waals surface area contributed by atoms with Gasteiger partial charge >= 0.3 is 0 Å². The number of rotatable bonds is 18. The Kier molecular flexibility index (Phi) is 22.9. The van der Waals surface area contributed by atoms with Gasteiger partial charge in [0.15, 0.2) is 34.5 Å². The minimum absolute atomic E-state index is 0.189. The lowest BCUT2D eigenvalue weighted by atomic mass is 9.88. The molecule has 15 heteroatoms. The van der Waals surface area contributed by atoms with E-state index in [4.69, 9.17) is 27.4 Å². The van der Waals surface area contributed by atoms with Crippen LogP contribution >= 0.6 is 0 Å². The summed E-state index contributed by atoms with van der Waals surface area (Å²) in [7, 11) is 0. The van der Waals surface area contributed by atoms with E-state index in [-0.39, 0.29) is 33.6 Å². The summed E-state index contributed by atoms with van der Waals surface area (Å²) < 4.78 is 26.0. The summed E-state index contributed by atoms with van der Waals surface area (Å²) in [6, 6.07) is 127. The second-order valence-corrected chi connectivity index (χ2v) is 34.4. The van der Waals surface area contributed by atoms with E-state index in [0.717, 1.165) is 187 Å². The van der Waals surface area contributed by atoms with E-state index in [2.05, 4.69) is 247 Å². The first kappa shape index (κ1) is 86.7. The van der Waals surface area contributed by atoms with E-state index in [0.29, 0.717) is 50.6 Å². The molecule has 0 unspecified atom stereocenters. The summed E-state index contributed by atoms with van der Waals surface area (Å²) >= 11 is 0. The first-order valence-electron chi connectivity index (χ1n) is 46.8. The monoisotopic (exact) mass is 1810 g/mol. The van der Waals surface area contributed by atoms with Crippen LogP contribution in [-0.2, 0) is 0 Å². The van der Waals surface area contributed by atoms with Crippen molar-refractivity contribution in [3.05, 3.63) is 458 Å². The highest BCUT2D eigenvalue weighted by Gasteiger charge is 2.30. The number of nitriles is 4. The van der Waals surface area contributed by atoms with Crippen molar-refractivity contribution in [1.29, 1.82) is 21.0 Å². The summed E-state index contributed by atoms with van der Waals surface area (Å²) in [5.41, 5.74) is 24.6. The van der Waals surface area contributed by atoms with E-state index < -0.39 is 0 Å². The van der Waals surface area contributed by atoms with Crippen LogP contribution in [0.2, 0.25) is 0 Å². The molecule has 0 aliphatic carbocycles. The van der Waals surface area contributed by atoms with E-state index >= 15 is 0 Å². The van der Waals surface area contributed by atoms with Crippen molar-refractivity contribution in [1.82, 2.24) is 13.7 Å². The third-order valence-corrected chi connectivity index (χ3v) is 26.5. The Labute approximate surface area is 816 Å². The standard InChI is InChI=1S/C69H42N6.C57H42N6O3/c1-72-69-56(36-30-47-33-39-67-59(42-47)54-24-12-15-27-64(54)74(67)50-19-7-3-8-20-50)61(44-70)52(35-29-46-32-38-66-58(41-46)53-23-11-14-26-63(53)73(66)49-17-5-2-6-18-49)62(45-71)57(69)37-31-48-34-40-68-60(43-48)55-25-13-16-28-65(55)75(68)51-21-9-4-10-22-51;1-5-61-45-14-8-11-17-51(45)64-54-32-37(23-29-48(54)61)20-26-40-43(35-58)41(27-21-38-24-30-49-55(33-38)65-52-18-12-9-15-46(52)62(49)6-2)57(60-4)42(44(40)36-59)28-22-39-25-31-50-56(34-39)66-53-19-13-10-16-47(53)63(50)7-3/h2-43H;8-34H,5-7H2,1-3H3/b35-29+,36-30+,37-31+;26-20+,27-21+,28-22+. The van der Waals surface area contributed by atoms with Crippen molar-refractivity contribution in [2.45, 2.75) is 20.8 Å². The van der Waals surface area contributed by atoms with Crippen molar-refractivity contribution < 1.29 is 14.2 Å². The molecule has 0 bridgehead atoms. The van der Waals surface area contributed by atoms with Crippen molar-refractivity contribution in [3.63, 3.8) is 0 Å². The zero-order valence-corrected chi connectivity index (χ0v) is 77.0. The maximum atomic E-state index is 11.2. The molecule has 666 valence electrons. The van der Waals surface area contributed by atoms with Gasteiger partial charge in [-0.2, -0.15) is 21.0 Å². The lowest BCUT2D eigenvalue weighted by Gasteiger charge is -2.32. The fourth-order valence-corrected chi connectivity index (χ4v) is 20.1. The molecule has 3 aliphatic heterocycles. The number of aromatic nitrogens is 3. The minimum Gasteiger partial charge on any atom is -0.453 e. The van der Waals surface area contributed by atoms with Crippen molar-refractivity contribution in [3.8, 4) is 75.8 Å². The number of hydrogen-bond acceptors (Lipinski definition) is 10. The van der Waals surface area contributed by atoms with Crippen molar-refractivity contribution >= 4 is 184 Å². The van der Waals surface area contributed by atoms with E-state index in [1.807, 2.05) is 237 Å². The topological polar surface area (TPSA) is 156 Å². The van der Waals surface area contributed by atoms with Crippen LogP contribution in [-0.4, -0.2) is 33.3 Å². The first-order chi connectivity index (χ1) is 69.5.